The number of halogens is 2. The van der Waals surface area contributed by atoms with E-state index in [2.05, 4.69) is 43.2 Å². The second-order valence-corrected chi connectivity index (χ2v) is 8.20. The van der Waals surface area contributed by atoms with Crippen LogP contribution in [0.3, 0.4) is 0 Å². The van der Waals surface area contributed by atoms with Crippen molar-refractivity contribution in [2.24, 2.45) is 0 Å². The minimum Gasteiger partial charge on any atom is -0.316 e. The van der Waals surface area contributed by atoms with Gasteiger partial charge < -0.3 is 5.32 Å². The van der Waals surface area contributed by atoms with Gasteiger partial charge in [0, 0.05) is 27.9 Å². The predicted octanol–water partition coefficient (Wildman–Crippen LogP) is 6.25. The maximum Gasteiger partial charge on any atom is 0.188 e. The number of thiazole rings is 1. The Morgan fingerprint density at radius 3 is 2.40 bits per heavy atom. The van der Waals surface area contributed by atoms with Crippen LogP contribution in [0.2, 0.25) is 5.02 Å². The van der Waals surface area contributed by atoms with Gasteiger partial charge in [0.25, 0.3) is 0 Å². The Bertz CT molecular complexity index is 809. The lowest BCUT2D eigenvalue weighted by molar-refractivity contribution is 0.568. The van der Waals surface area contributed by atoms with E-state index in [1.54, 1.807) is 17.5 Å². The smallest absolute Gasteiger partial charge is 0.188 e. The molecule has 1 aromatic carbocycles. The van der Waals surface area contributed by atoms with E-state index in [0.717, 1.165) is 28.1 Å². The second-order valence-electron chi connectivity index (χ2n) is 6.68. The summed E-state index contributed by atoms with van der Waals surface area (Å²) in [5, 5.41) is 4.95. The Morgan fingerprint density at radius 2 is 1.80 bits per heavy atom. The minimum atomic E-state index is -0.0116. The minimum absolute atomic E-state index is 0. The van der Waals surface area contributed by atoms with Gasteiger partial charge in [0.05, 0.1) is 5.69 Å². The maximum atomic E-state index is 5.99. The number of nitrogens with zero attached hydrogens (tertiary/aromatic N) is 2. The molecule has 0 amide bonds. The van der Waals surface area contributed by atoms with Crippen molar-refractivity contribution in [1.29, 1.82) is 0 Å². The van der Waals surface area contributed by atoms with E-state index in [-0.39, 0.29) is 17.8 Å². The fourth-order valence-electron chi connectivity index (χ4n) is 2.44. The van der Waals surface area contributed by atoms with Crippen molar-refractivity contribution in [1.82, 2.24) is 9.97 Å². The topological polar surface area (TPSA) is 37.8 Å². The van der Waals surface area contributed by atoms with Crippen LogP contribution in [-0.4, -0.2) is 9.97 Å². The Labute approximate surface area is 163 Å². The van der Waals surface area contributed by atoms with Gasteiger partial charge in [-0.25, -0.2) is 9.97 Å². The molecule has 0 atom stereocenters. The lowest BCUT2D eigenvalue weighted by atomic mass is 9.90. The summed E-state index contributed by atoms with van der Waals surface area (Å²) in [6.45, 7) is 6.58. The van der Waals surface area contributed by atoms with Crippen LogP contribution < -0.4 is 5.32 Å². The second kappa shape index (κ2) is 8.17. The lowest BCUT2D eigenvalue weighted by Gasteiger charge is -2.17. The molecule has 0 saturated heterocycles. The van der Waals surface area contributed by atoms with Gasteiger partial charge in [-0.2, -0.15) is 0 Å². The zero-order valence-corrected chi connectivity index (χ0v) is 16.8. The lowest BCUT2D eigenvalue weighted by Crippen LogP contribution is -2.14. The van der Waals surface area contributed by atoms with Crippen LogP contribution in [-0.2, 0) is 11.8 Å². The van der Waals surface area contributed by atoms with Crippen molar-refractivity contribution in [2.45, 2.75) is 32.6 Å². The standard InChI is InChI=1S/C19H20ClN3S.ClH/c1-19(2,3)17-15(12-13-7-9-14(20)10-8-13)24-18(23-17)22-16-6-4-5-11-21-16;/h4-11H,12H2,1-3H3,(H,21,22,23);1H. The summed E-state index contributed by atoms with van der Waals surface area (Å²) in [6, 6.07) is 13.8. The Morgan fingerprint density at radius 1 is 1.08 bits per heavy atom. The van der Waals surface area contributed by atoms with Crippen LogP contribution in [0, 0.1) is 0 Å². The highest BCUT2D eigenvalue weighted by Gasteiger charge is 2.23. The normalized spacial score (nSPS) is 11.0. The summed E-state index contributed by atoms with van der Waals surface area (Å²) in [4.78, 5) is 10.4. The number of anilines is 2. The van der Waals surface area contributed by atoms with Crippen LogP contribution in [0.5, 0.6) is 0 Å². The Hall–Kier alpha value is -1.62. The molecule has 3 aromatic rings. The summed E-state index contributed by atoms with van der Waals surface area (Å²) >= 11 is 7.67. The molecule has 0 spiro atoms. The van der Waals surface area contributed by atoms with E-state index in [4.69, 9.17) is 16.6 Å². The van der Waals surface area contributed by atoms with Gasteiger partial charge >= 0.3 is 0 Å². The fraction of sp³-hybridized carbons (Fsp3) is 0.263. The summed E-state index contributed by atoms with van der Waals surface area (Å²) < 4.78 is 0. The van der Waals surface area contributed by atoms with Crippen LogP contribution in [0.15, 0.2) is 48.7 Å². The molecule has 3 rings (SSSR count). The molecular weight excluding hydrogens is 373 g/mol. The van der Waals surface area contributed by atoms with E-state index in [9.17, 15) is 0 Å². The number of nitrogens with one attached hydrogen (secondary N) is 1. The molecule has 0 unspecified atom stereocenters. The quantitative estimate of drug-likeness (QED) is 0.569. The predicted molar refractivity (Wildman–Crippen MR) is 110 cm³/mol. The molecule has 0 saturated carbocycles. The zero-order valence-electron chi connectivity index (χ0n) is 14.4. The van der Waals surface area contributed by atoms with Gasteiger partial charge in [-0.1, -0.05) is 50.6 Å². The van der Waals surface area contributed by atoms with E-state index < -0.39 is 0 Å². The van der Waals surface area contributed by atoms with Crippen molar-refractivity contribution in [2.75, 3.05) is 5.32 Å². The van der Waals surface area contributed by atoms with Crippen LogP contribution in [0.1, 0.15) is 36.9 Å². The van der Waals surface area contributed by atoms with Crippen molar-refractivity contribution < 1.29 is 0 Å². The monoisotopic (exact) mass is 393 g/mol. The highest BCUT2D eigenvalue weighted by atomic mass is 35.5. The maximum absolute atomic E-state index is 5.99. The fourth-order valence-corrected chi connectivity index (χ4v) is 3.78. The Balaban J connectivity index is 0.00000225. The van der Waals surface area contributed by atoms with Gasteiger partial charge in [-0.3, -0.25) is 0 Å². The summed E-state index contributed by atoms with van der Waals surface area (Å²) in [7, 11) is 0. The highest BCUT2D eigenvalue weighted by molar-refractivity contribution is 7.15. The first-order valence-electron chi connectivity index (χ1n) is 7.84. The Kier molecular flexibility index (Phi) is 6.44. The molecule has 132 valence electrons. The molecule has 0 fully saturated rings. The third-order valence-electron chi connectivity index (χ3n) is 3.59. The van der Waals surface area contributed by atoms with Crippen LogP contribution in [0.25, 0.3) is 0 Å². The van der Waals surface area contributed by atoms with Gasteiger partial charge in [-0.15, -0.1) is 23.7 Å². The highest BCUT2D eigenvalue weighted by Crippen LogP contribution is 2.34. The molecular formula is C19H21Cl2N3S. The molecule has 0 aliphatic heterocycles. The van der Waals surface area contributed by atoms with Gasteiger partial charge in [-0.05, 0) is 29.8 Å². The first-order chi connectivity index (χ1) is 11.4. The number of rotatable bonds is 4. The van der Waals surface area contributed by atoms with Gasteiger partial charge in [0.1, 0.15) is 5.82 Å². The average molecular weight is 394 g/mol. The molecule has 25 heavy (non-hydrogen) atoms. The summed E-state index contributed by atoms with van der Waals surface area (Å²) in [5.74, 6) is 0.810. The molecule has 0 bridgehead atoms. The van der Waals surface area contributed by atoms with E-state index in [1.807, 2.05) is 30.3 Å². The van der Waals surface area contributed by atoms with Crippen molar-refractivity contribution in [3.8, 4) is 0 Å². The van der Waals surface area contributed by atoms with E-state index in [1.165, 1.54) is 10.4 Å². The third-order valence-corrected chi connectivity index (χ3v) is 4.81. The molecule has 2 heterocycles. The molecule has 1 N–H and O–H groups in total. The van der Waals surface area contributed by atoms with Crippen molar-refractivity contribution in [3.05, 3.63) is 69.8 Å². The van der Waals surface area contributed by atoms with E-state index >= 15 is 0 Å². The summed E-state index contributed by atoms with van der Waals surface area (Å²) in [6.07, 6.45) is 2.63. The molecule has 2 aromatic heterocycles. The zero-order chi connectivity index (χ0) is 17.2. The molecule has 6 heteroatoms. The average Bonchev–Trinajstić information content (AvgIpc) is 2.93. The van der Waals surface area contributed by atoms with Crippen molar-refractivity contribution in [3.63, 3.8) is 0 Å². The SMILES string of the molecule is CC(C)(C)c1nc(Nc2ccccn2)sc1Cc1ccc(Cl)cc1.Cl. The van der Waals surface area contributed by atoms with Gasteiger partial charge in [0.2, 0.25) is 0 Å². The molecule has 3 nitrogen and oxygen atoms in total. The molecule has 0 aliphatic rings. The number of benzene rings is 1. The van der Waals surface area contributed by atoms with Crippen LogP contribution in [0.4, 0.5) is 10.9 Å². The van der Waals surface area contributed by atoms with Gasteiger partial charge in [0.15, 0.2) is 5.13 Å². The van der Waals surface area contributed by atoms with E-state index in [0.29, 0.717) is 0 Å². The first-order valence-corrected chi connectivity index (χ1v) is 9.04. The summed E-state index contributed by atoms with van der Waals surface area (Å²) in [5.41, 5.74) is 2.35. The van der Waals surface area contributed by atoms with Crippen LogP contribution >= 0.6 is 35.3 Å². The third kappa shape index (κ3) is 5.18. The number of hydrogen-bond acceptors (Lipinski definition) is 4. The number of hydrogen-bond donors (Lipinski definition) is 1. The number of aromatic nitrogens is 2. The molecule has 0 radical (unpaired) electrons. The number of pyridine rings is 1. The molecule has 0 aliphatic carbocycles. The van der Waals surface area contributed by atoms with Crippen molar-refractivity contribution >= 4 is 46.3 Å². The largest absolute Gasteiger partial charge is 0.316 e. The first kappa shape index (κ1) is 19.7.